The van der Waals surface area contributed by atoms with Crippen LogP contribution in [-0.4, -0.2) is 16.8 Å². The van der Waals surface area contributed by atoms with Crippen molar-refractivity contribution in [1.82, 2.24) is 0 Å². The van der Waals surface area contributed by atoms with E-state index in [-0.39, 0.29) is 17.4 Å². The van der Waals surface area contributed by atoms with Crippen LogP contribution in [0.15, 0.2) is 18.2 Å². The second-order valence-electron chi connectivity index (χ2n) is 7.05. The van der Waals surface area contributed by atoms with E-state index in [1.54, 1.807) is 12.2 Å². The first-order valence-electron chi connectivity index (χ1n) is 6.72. The van der Waals surface area contributed by atoms with Gasteiger partial charge in [-0.1, -0.05) is 59.8 Å². The van der Waals surface area contributed by atoms with Crippen LogP contribution in [0.5, 0.6) is 5.75 Å². The highest BCUT2D eigenvalue weighted by Crippen LogP contribution is 2.38. The third-order valence-electron chi connectivity index (χ3n) is 3.22. The van der Waals surface area contributed by atoms with E-state index in [1.165, 1.54) is 5.56 Å². The van der Waals surface area contributed by atoms with Crippen molar-refractivity contribution in [1.29, 1.82) is 0 Å². The molecule has 0 saturated carbocycles. The van der Waals surface area contributed by atoms with Gasteiger partial charge >= 0.3 is 0 Å². The molecule has 0 heterocycles. The highest BCUT2D eigenvalue weighted by atomic mass is 16.3. The van der Waals surface area contributed by atoms with Crippen LogP contribution in [0.25, 0.3) is 6.08 Å². The molecule has 2 heteroatoms. The Morgan fingerprint density at radius 2 is 1.58 bits per heavy atom. The van der Waals surface area contributed by atoms with Crippen molar-refractivity contribution >= 4 is 6.08 Å². The first-order chi connectivity index (χ1) is 8.57. The van der Waals surface area contributed by atoms with Gasteiger partial charge in [0, 0.05) is 11.1 Å². The van der Waals surface area contributed by atoms with Crippen molar-refractivity contribution in [2.24, 2.45) is 0 Å². The largest absolute Gasteiger partial charge is 0.507 e. The third-order valence-corrected chi connectivity index (χ3v) is 3.22. The summed E-state index contributed by atoms with van der Waals surface area (Å²) in [5.74, 6) is 0.310. The van der Waals surface area contributed by atoms with Gasteiger partial charge in [0.1, 0.15) is 5.75 Å². The average molecular weight is 262 g/mol. The first kappa shape index (κ1) is 15.8. The minimum atomic E-state index is -0.118. The van der Waals surface area contributed by atoms with Gasteiger partial charge in [0.2, 0.25) is 0 Å². The van der Waals surface area contributed by atoms with Gasteiger partial charge in [-0.05, 0) is 22.5 Å². The molecule has 0 unspecified atom stereocenters. The minimum absolute atomic E-state index is 0.0233. The van der Waals surface area contributed by atoms with Gasteiger partial charge in [0.15, 0.2) is 0 Å². The molecule has 2 N–H and O–H groups in total. The summed E-state index contributed by atoms with van der Waals surface area (Å²) < 4.78 is 0. The van der Waals surface area contributed by atoms with Crippen LogP contribution in [0.3, 0.4) is 0 Å². The summed E-state index contributed by atoms with van der Waals surface area (Å²) in [6, 6.07) is 4.09. The van der Waals surface area contributed by atoms with Crippen LogP contribution in [0, 0.1) is 0 Å². The van der Waals surface area contributed by atoms with E-state index >= 15 is 0 Å². The molecule has 0 spiro atoms. The number of hydrogen-bond donors (Lipinski definition) is 2. The summed E-state index contributed by atoms with van der Waals surface area (Å²) in [5.41, 5.74) is 2.81. The van der Waals surface area contributed by atoms with Gasteiger partial charge in [0.05, 0.1) is 6.61 Å². The molecule has 0 bridgehead atoms. The number of aromatic hydroxyl groups is 1. The number of aliphatic hydroxyl groups is 1. The summed E-state index contributed by atoms with van der Waals surface area (Å²) >= 11 is 0. The second-order valence-corrected chi connectivity index (χ2v) is 7.05. The molecule has 0 radical (unpaired) electrons. The number of phenolic OH excluding ortho intramolecular Hbond substituents is 1. The topological polar surface area (TPSA) is 40.5 Å². The maximum atomic E-state index is 10.4. The van der Waals surface area contributed by atoms with Crippen LogP contribution in [0.2, 0.25) is 0 Å². The van der Waals surface area contributed by atoms with Crippen LogP contribution in [0.1, 0.15) is 58.2 Å². The maximum Gasteiger partial charge on any atom is 0.126 e. The van der Waals surface area contributed by atoms with Gasteiger partial charge in [0.25, 0.3) is 0 Å². The Bertz CT molecular complexity index is 471. The lowest BCUT2D eigenvalue weighted by atomic mass is 9.79. The normalized spacial score (nSPS) is 13.2. The fourth-order valence-corrected chi connectivity index (χ4v) is 1.97. The molecule has 0 amide bonds. The van der Waals surface area contributed by atoms with E-state index < -0.39 is 0 Å². The number of benzene rings is 1. The van der Waals surface area contributed by atoms with Crippen molar-refractivity contribution in [3.63, 3.8) is 0 Å². The summed E-state index contributed by atoms with van der Waals surface area (Å²) in [5, 5.41) is 19.3. The standard InChI is InChI=1S/C17H26O2/c1-16(2,3)13-10-12(8-7-9-18)15(19)14(11-13)17(4,5)6/h7-8,10-11,18-19H,9H2,1-6H3. The van der Waals surface area contributed by atoms with Crippen LogP contribution in [0.4, 0.5) is 0 Å². The molecular weight excluding hydrogens is 236 g/mol. The molecule has 106 valence electrons. The molecule has 0 saturated heterocycles. The Hall–Kier alpha value is -1.28. The maximum absolute atomic E-state index is 10.4. The van der Waals surface area contributed by atoms with Crippen molar-refractivity contribution < 1.29 is 10.2 Å². The van der Waals surface area contributed by atoms with E-state index in [4.69, 9.17) is 5.11 Å². The Morgan fingerprint density at radius 3 is 2.00 bits per heavy atom. The van der Waals surface area contributed by atoms with E-state index in [9.17, 15) is 5.11 Å². The van der Waals surface area contributed by atoms with Gasteiger partial charge in [-0.15, -0.1) is 0 Å². The molecule has 0 fully saturated rings. The van der Waals surface area contributed by atoms with E-state index in [0.717, 1.165) is 11.1 Å². The van der Waals surface area contributed by atoms with Crippen LogP contribution >= 0.6 is 0 Å². The minimum Gasteiger partial charge on any atom is -0.507 e. The van der Waals surface area contributed by atoms with E-state index in [1.807, 2.05) is 6.07 Å². The molecule has 19 heavy (non-hydrogen) atoms. The van der Waals surface area contributed by atoms with Crippen LogP contribution in [-0.2, 0) is 10.8 Å². The molecule has 1 rings (SSSR count). The molecular formula is C17H26O2. The lowest BCUT2D eigenvalue weighted by Gasteiger charge is -2.27. The summed E-state index contributed by atoms with van der Waals surface area (Å²) in [6.07, 6.45) is 3.42. The molecule has 2 nitrogen and oxygen atoms in total. The highest BCUT2D eigenvalue weighted by Gasteiger charge is 2.24. The van der Waals surface area contributed by atoms with Crippen molar-refractivity contribution in [3.8, 4) is 5.75 Å². The quantitative estimate of drug-likeness (QED) is 0.846. The third kappa shape index (κ3) is 3.84. The van der Waals surface area contributed by atoms with Crippen molar-refractivity contribution in [3.05, 3.63) is 34.9 Å². The van der Waals surface area contributed by atoms with Crippen molar-refractivity contribution in [2.45, 2.75) is 52.4 Å². The van der Waals surface area contributed by atoms with Gasteiger partial charge in [-0.2, -0.15) is 0 Å². The van der Waals surface area contributed by atoms with Gasteiger partial charge in [-0.3, -0.25) is 0 Å². The van der Waals surface area contributed by atoms with Gasteiger partial charge in [-0.25, -0.2) is 0 Å². The predicted octanol–water partition coefficient (Wildman–Crippen LogP) is 3.99. The molecule has 0 aromatic heterocycles. The highest BCUT2D eigenvalue weighted by molar-refractivity contribution is 5.62. The Morgan fingerprint density at radius 1 is 1.00 bits per heavy atom. The molecule has 1 aromatic carbocycles. The number of aliphatic hydroxyl groups excluding tert-OH is 1. The lowest BCUT2D eigenvalue weighted by Crippen LogP contribution is -2.17. The lowest BCUT2D eigenvalue weighted by molar-refractivity contribution is 0.343. The SMILES string of the molecule is CC(C)(C)c1cc(C=CCO)c(O)c(C(C)(C)C)c1. The molecule has 0 atom stereocenters. The summed E-state index contributed by atoms with van der Waals surface area (Å²) in [4.78, 5) is 0. The second kappa shape index (κ2) is 5.38. The average Bonchev–Trinajstić information content (AvgIpc) is 2.24. The fourth-order valence-electron chi connectivity index (χ4n) is 1.97. The molecule has 0 aliphatic heterocycles. The summed E-state index contributed by atoms with van der Waals surface area (Å²) in [6.45, 7) is 12.7. The Balaban J connectivity index is 3.52. The number of hydrogen-bond acceptors (Lipinski definition) is 2. The van der Waals surface area contributed by atoms with Gasteiger partial charge < -0.3 is 10.2 Å². The summed E-state index contributed by atoms with van der Waals surface area (Å²) in [7, 11) is 0. The van der Waals surface area contributed by atoms with E-state index in [0.29, 0.717) is 5.75 Å². The number of rotatable bonds is 2. The predicted molar refractivity (Wildman–Crippen MR) is 81.6 cm³/mol. The zero-order valence-corrected chi connectivity index (χ0v) is 12.9. The monoisotopic (exact) mass is 262 g/mol. The number of phenols is 1. The first-order valence-corrected chi connectivity index (χ1v) is 6.72. The Kier molecular flexibility index (Phi) is 4.46. The zero-order valence-electron chi connectivity index (χ0n) is 12.9. The molecule has 1 aromatic rings. The van der Waals surface area contributed by atoms with Crippen molar-refractivity contribution in [2.75, 3.05) is 6.61 Å². The Labute approximate surface area is 116 Å². The molecule has 0 aliphatic carbocycles. The fraction of sp³-hybridized carbons (Fsp3) is 0.529. The van der Waals surface area contributed by atoms with Crippen LogP contribution < -0.4 is 0 Å². The molecule has 0 aliphatic rings. The van der Waals surface area contributed by atoms with E-state index in [2.05, 4.69) is 47.6 Å². The smallest absolute Gasteiger partial charge is 0.126 e. The zero-order chi connectivity index (χ0) is 14.8.